The molecule has 0 aliphatic carbocycles. The van der Waals surface area contributed by atoms with Gasteiger partial charge >= 0.3 is 0 Å². The highest BCUT2D eigenvalue weighted by Gasteiger charge is 2.09. The maximum absolute atomic E-state index is 12.2. The van der Waals surface area contributed by atoms with E-state index in [9.17, 15) is 9.59 Å². The number of hydrogen-bond acceptors (Lipinski definition) is 5. The number of methoxy groups -OCH3 is 1. The maximum atomic E-state index is 12.2. The van der Waals surface area contributed by atoms with Crippen LogP contribution in [0, 0.1) is 13.8 Å². The van der Waals surface area contributed by atoms with Crippen molar-refractivity contribution in [2.75, 3.05) is 19.0 Å². The van der Waals surface area contributed by atoms with E-state index in [4.69, 9.17) is 9.47 Å². The summed E-state index contributed by atoms with van der Waals surface area (Å²) >= 11 is 0. The molecule has 0 saturated carbocycles. The van der Waals surface area contributed by atoms with E-state index in [0.29, 0.717) is 28.3 Å². The van der Waals surface area contributed by atoms with Crippen molar-refractivity contribution in [3.8, 4) is 11.5 Å². The monoisotopic (exact) mass is 431 g/mol. The molecular formula is C25H25N3O4. The quantitative estimate of drug-likeness (QED) is 0.415. The molecule has 0 fully saturated rings. The first-order valence-electron chi connectivity index (χ1n) is 10.0. The van der Waals surface area contributed by atoms with Gasteiger partial charge in [-0.15, -0.1) is 0 Å². The Balaban J connectivity index is 1.56. The Morgan fingerprint density at radius 3 is 2.44 bits per heavy atom. The highest BCUT2D eigenvalue weighted by Crippen LogP contribution is 2.27. The molecule has 2 amide bonds. The van der Waals surface area contributed by atoms with Crippen LogP contribution in [0.1, 0.15) is 27.0 Å². The van der Waals surface area contributed by atoms with Gasteiger partial charge in [-0.1, -0.05) is 35.4 Å². The summed E-state index contributed by atoms with van der Waals surface area (Å²) in [4.78, 5) is 24.3. The zero-order chi connectivity index (χ0) is 22.9. The van der Waals surface area contributed by atoms with Crippen LogP contribution in [0.4, 0.5) is 5.69 Å². The topological polar surface area (TPSA) is 89.0 Å². The van der Waals surface area contributed by atoms with Gasteiger partial charge in [0.15, 0.2) is 18.1 Å². The molecule has 32 heavy (non-hydrogen) atoms. The van der Waals surface area contributed by atoms with E-state index in [1.165, 1.54) is 13.3 Å². The van der Waals surface area contributed by atoms with Gasteiger partial charge in [-0.25, -0.2) is 5.43 Å². The van der Waals surface area contributed by atoms with Gasteiger partial charge in [-0.05, 0) is 61.9 Å². The molecule has 0 aliphatic rings. The molecule has 0 unspecified atom stereocenters. The lowest BCUT2D eigenvalue weighted by atomic mass is 10.1. The number of anilines is 1. The third kappa shape index (κ3) is 6.43. The summed E-state index contributed by atoms with van der Waals surface area (Å²) in [5.41, 5.74) is 6.54. The Morgan fingerprint density at radius 2 is 1.72 bits per heavy atom. The van der Waals surface area contributed by atoms with Crippen LogP contribution in [0.15, 0.2) is 71.8 Å². The number of nitrogens with zero attached hydrogens (tertiary/aromatic N) is 1. The molecule has 0 aromatic heterocycles. The first kappa shape index (κ1) is 22.6. The van der Waals surface area contributed by atoms with Crippen LogP contribution in [0.25, 0.3) is 0 Å². The Hall–Kier alpha value is -4.13. The molecule has 0 radical (unpaired) electrons. The first-order valence-corrected chi connectivity index (χ1v) is 10.0. The molecule has 0 saturated heterocycles. The normalized spacial score (nSPS) is 10.6. The molecular weight excluding hydrogens is 406 g/mol. The summed E-state index contributed by atoms with van der Waals surface area (Å²) in [6.07, 6.45) is 1.50. The predicted molar refractivity (Wildman–Crippen MR) is 125 cm³/mol. The van der Waals surface area contributed by atoms with Gasteiger partial charge in [0.1, 0.15) is 0 Å². The lowest BCUT2D eigenvalue weighted by Gasteiger charge is -2.11. The van der Waals surface area contributed by atoms with Crippen molar-refractivity contribution in [2.45, 2.75) is 13.8 Å². The van der Waals surface area contributed by atoms with Crippen molar-refractivity contribution in [3.05, 3.63) is 89.0 Å². The standard InChI is InChI=1S/C25H25N3O4/c1-17-7-10-21(11-8-17)27-24(29)16-32-22-12-9-19(14-23(22)31-3)15-26-28-25(30)20-6-4-5-18(2)13-20/h4-15H,16H2,1-3H3,(H,27,29)(H,28,30)/b26-15-. The Morgan fingerprint density at radius 1 is 0.938 bits per heavy atom. The lowest BCUT2D eigenvalue weighted by Crippen LogP contribution is -2.20. The molecule has 0 heterocycles. The zero-order valence-corrected chi connectivity index (χ0v) is 18.2. The van der Waals surface area contributed by atoms with Gasteiger partial charge in [-0.2, -0.15) is 5.10 Å². The Bertz CT molecular complexity index is 1120. The minimum atomic E-state index is -0.295. The first-order chi connectivity index (χ1) is 15.4. The number of nitrogens with one attached hydrogen (secondary N) is 2. The summed E-state index contributed by atoms with van der Waals surface area (Å²) in [6.45, 7) is 3.74. The van der Waals surface area contributed by atoms with E-state index in [1.807, 2.05) is 50.2 Å². The fourth-order valence-corrected chi connectivity index (χ4v) is 2.88. The van der Waals surface area contributed by atoms with Crippen LogP contribution in [0.2, 0.25) is 0 Å². The zero-order valence-electron chi connectivity index (χ0n) is 18.2. The molecule has 3 rings (SSSR count). The molecule has 7 heteroatoms. The number of amides is 2. The highest BCUT2D eigenvalue weighted by molar-refractivity contribution is 5.95. The van der Waals surface area contributed by atoms with E-state index in [1.54, 1.807) is 30.3 Å². The number of carbonyl (C=O) groups is 2. The van der Waals surface area contributed by atoms with Crippen LogP contribution in [0.3, 0.4) is 0 Å². The van der Waals surface area contributed by atoms with Crippen LogP contribution in [0.5, 0.6) is 11.5 Å². The molecule has 3 aromatic carbocycles. The second kappa shape index (κ2) is 10.8. The molecule has 0 atom stereocenters. The Kier molecular flexibility index (Phi) is 7.59. The van der Waals surface area contributed by atoms with Gasteiger partial charge in [0.2, 0.25) is 0 Å². The lowest BCUT2D eigenvalue weighted by molar-refractivity contribution is -0.118. The average Bonchev–Trinajstić information content (AvgIpc) is 2.79. The summed E-state index contributed by atoms with van der Waals surface area (Å²) < 4.78 is 11.0. The Labute approximate surface area is 187 Å². The van der Waals surface area contributed by atoms with E-state index < -0.39 is 0 Å². The molecule has 164 valence electrons. The average molecular weight is 431 g/mol. The van der Waals surface area contributed by atoms with Crippen LogP contribution in [-0.2, 0) is 4.79 Å². The molecule has 0 aliphatic heterocycles. The number of rotatable bonds is 8. The fourth-order valence-electron chi connectivity index (χ4n) is 2.88. The number of hydrazone groups is 1. The number of benzene rings is 3. The fraction of sp³-hybridized carbons (Fsp3) is 0.160. The number of carbonyl (C=O) groups excluding carboxylic acids is 2. The predicted octanol–water partition coefficient (Wildman–Crippen LogP) is 4.09. The minimum absolute atomic E-state index is 0.162. The van der Waals surface area contributed by atoms with Crippen LogP contribution < -0.4 is 20.2 Å². The SMILES string of the molecule is COc1cc(/C=N\NC(=O)c2cccc(C)c2)ccc1OCC(=O)Nc1ccc(C)cc1. The van der Waals surface area contributed by atoms with Gasteiger partial charge in [0.25, 0.3) is 11.8 Å². The summed E-state index contributed by atoms with van der Waals surface area (Å²) in [7, 11) is 1.51. The van der Waals surface area contributed by atoms with Gasteiger partial charge in [0, 0.05) is 11.3 Å². The van der Waals surface area contributed by atoms with Crippen molar-refractivity contribution in [2.24, 2.45) is 5.10 Å². The number of hydrogen-bond donors (Lipinski definition) is 2. The molecule has 0 spiro atoms. The molecule has 7 nitrogen and oxygen atoms in total. The third-order valence-corrected chi connectivity index (χ3v) is 4.54. The minimum Gasteiger partial charge on any atom is -0.493 e. The molecule has 3 aromatic rings. The second-order valence-corrected chi connectivity index (χ2v) is 7.18. The largest absolute Gasteiger partial charge is 0.493 e. The number of ether oxygens (including phenoxy) is 2. The van der Waals surface area contributed by atoms with E-state index in [-0.39, 0.29) is 18.4 Å². The van der Waals surface area contributed by atoms with Crippen molar-refractivity contribution in [1.82, 2.24) is 5.43 Å². The second-order valence-electron chi connectivity index (χ2n) is 7.18. The van der Waals surface area contributed by atoms with Crippen molar-refractivity contribution in [1.29, 1.82) is 0 Å². The summed E-state index contributed by atoms with van der Waals surface area (Å²) in [5.74, 6) is 0.298. The molecule has 2 N–H and O–H groups in total. The van der Waals surface area contributed by atoms with Crippen molar-refractivity contribution in [3.63, 3.8) is 0 Å². The summed E-state index contributed by atoms with van der Waals surface area (Å²) in [5, 5.41) is 6.77. The van der Waals surface area contributed by atoms with Crippen LogP contribution >= 0.6 is 0 Å². The smallest absolute Gasteiger partial charge is 0.271 e. The van der Waals surface area contributed by atoms with Crippen LogP contribution in [-0.4, -0.2) is 31.7 Å². The molecule has 0 bridgehead atoms. The van der Waals surface area contributed by atoms with E-state index in [2.05, 4.69) is 15.8 Å². The van der Waals surface area contributed by atoms with Crippen molar-refractivity contribution < 1.29 is 19.1 Å². The van der Waals surface area contributed by atoms with Gasteiger partial charge < -0.3 is 14.8 Å². The van der Waals surface area contributed by atoms with Crippen molar-refractivity contribution >= 4 is 23.7 Å². The van der Waals surface area contributed by atoms with E-state index in [0.717, 1.165) is 11.1 Å². The maximum Gasteiger partial charge on any atom is 0.271 e. The summed E-state index contributed by atoms with van der Waals surface area (Å²) in [6, 6.07) is 19.9. The van der Waals surface area contributed by atoms with E-state index >= 15 is 0 Å². The van der Waals surface area contributed by atoms with Gasteiger partial charge in [0.05, 0.1) is 13.3 Å². The third-order valence-electron chi connectivity index (χ3n) is 4.54. The number of aryl methyl sites for hydroxylation is 2. The van der Waals surface area contributed by atoms with Gasteiger partial charge in [-0.3, -0.25) is 9.59 Å². The highest BCUT2D eigenvalue weighted by atomic mass is 16.5.